The molecular weight excluding hydrogens is 440 g/mol. The lowest BCUT2D eigenvalue weighted by atomic mass is 10.3. The number of anilines is 1. The van der Waals surface area contributed by atoms with E-state index in [1.165, 1.54) is 10.9 Å². The molecule has 0 aliphatic rings. The van der Waals surface area contributed by atoms with Crippen molar-refractivity contribution < 1.29 is 9.59 Å². The van der Waals surface area contributed by atoms with Crippen LogP contribution in [0.2, 0.25) is 0 Å². The van der Waals surface area contributed by atoms with Gasteiger partial charge in [-0.05, 0) is 42.3 Å². The van der Waals surface area contributed by atoms with E-state index in [1.54, 1.807) is 28.7 Å². The molecule has 11 heteroatoms. The standard InChI is InChI=1S/C18H23BrN8O2/c1-5-7-20-18(29)16-14(9-21-25(16)4)22-17(28)13-6-8-26(24-13)10-27-12(3)15(19)11(2)23-27/h6,8-9H,5,7,10H2,1-4H3,(H,20,29)(H,22,28). The van der Waals surface area contributed by atoms with Gasteiger partial charge in [0.05, 0.1) is 27.7 Å². The molecule has 0 aromatic carbocycles. The molecule has 3 aromatic rings. The van der Waals surface area contributed by atoms with E-state index in [4.69, 9.17) is 0 Å². The van der Waals surface area contributed by atoms with Gasteiger partial charge in [0.2, 0.25) is 0 Å². The molecule has 0 atom stereocenters. The van der Waals surface area contributed by atoms with Crippen LogP contribution in [0.5, 0.6) is 0 Å². The highest BCUT2D eigenvalue weighted by molar-refractivity contribution is 9.10. The first-order valence-corrected chi connectivity index (χ1v) is 9.95. The van der Waals surface area contributed by atoms with Gasteiger partial charge >= 0.3 is 0 Å². The Balaban J connectivity index is 1.73. The number of hydrogen-bond donors (Lipinski definition) is 2. The van der Waals surface area contributed by atoms with Gasteiger partial charge < -0.3 is 10.6 Å². The summed E-state index contributed by atoms with van der Waals surface area (Å²) in [6.07, 6.45) is 3.97. The highest BCUT2D eigenvalue weighted by atomic mass is 79.9. The lowest BCUT2D eigenvalue weighted by Gasteiger charge is -2.07. The summed E-state index contributed by atoms with van der Waals surface area (Å²) in [7, 11) is 1.65. The zero-order chi connectivity index (χ0) is 21.1. The number of nitrogens with one attached hydrogen (secondary N) is 2. The largest absolute Gasteiger partial charge is 0.351 e. The lowest BCUT2D eigenvalue weighted by molar-refractivity contribution is 0.0945. The van der Waals surface area contributed by atoms with Crippen LogP contribution in [0.15, 0.2) is 22.9 Å². The minimum absolute atomic E-state index is 0.231. The topological polar surface area (TPSA) is 112 Å². The van der Waals surface area contributed by atoms with Gasteiger partial charge in [0.1, 0.15) is 12.4 Å². The second-order valence-electron chi connectivity index (χ2n) is 6.61. The Bertz CT molecular complexity index is 1050. The van der Waals surface area contributed by atoms with Crippen LogP contribution in [-0.4, -0.2) is 47.7 Å². The summed E-state index contributed by atoms with van der Waals surface area (Å²) in [5, 5.41) is 18.3. The molecule has 29 heavy (non-hydrogen) atoms. The van der Waals surface area contributed by atoms with E-state index in [2.05, 4.69) is 41.9 Å². The van der Waals surface area contributed by atoms with Crippen LogP contribution in [0.1, 0.15) is 45.7 Å². The molecule has 0 saturated carbocycles. The third-order valence-electron chi connectivity index (χ3n) is 4.38. The second-order valence-corrected chi connectivity index (χ2v) is 7.40. The van der Waals surface area contributed by atoms with Crippen LogP contribution in [0.3, 0.4) is 0 Å². The third-order valence-corrected chi connectivity index (χ3v) is 5.53. The maximum atomic E-state index is 12.6. The molecule has 0 radical (unpaired) electrons. The Morgan fingerprint density at radius 2 is 1.97 bits per heavy atom. The predicted molar refractivity (Wildman–Crippen MR) is 111 cm³/mol. The fourth-order valence-corrected chi connectivity index (χ4v) is 3.10. The van der Waals surface area contributed by atoms with Crippen LogP contribution in [0.25, 0.3) is 0 Å². The summed E-state index contributed by atoms with van der Waals surface area (Å²) in [4.78, 5) is 25.0. The first-order valence-electron chi connectivity index (χ1n) is 9.16. The Labute approximate surface area is 176 Å². The van der Waals surface area contributed by atoms with Crippen LogP contribution in [0, 0.1) is 13.8 Å². The van der Waals surface area contributed by atoms with Crippen molar-refractivity contribution in [2.24, 2.45) is 7.05 Å². The highest BCUT2D eigenvalue weighted by Crippen LogP contribution is 2.20. The summed E-state index contributed by atoms with van der Waals surface area (Å²) in [5.41, 5.74) is 2.72. The number of halogens is 1. The predicted octanol–water partition coefficient (Wildman–Crippen LogP) is 2.09. The van der Waals surface area contributed by atoms with Gasteiger partial charge in [-0.15, -0.1) is 0 Å². The van der Waals surface area contributed by atoms with Gasteiger partial charge in [0, 0.05) is 19.8 Å². The minimum atomic E-state index is -0.421. The van der Waals surface area contributed by atoms with E-state index in [1.807, 2.05) is 20.8 Å². The highest BCUT2D eigenvalue weighted by Gasteiger charge is 2.20. The lowest BCUT2D eigenvalue weighted by Crippen LogP contribution is -2.27. The van der Waals surface area contributed by atoms with Crippen molar-refractivity contribution in [3.05, 3.63) is 45.7 Å². The Hall–Kier alpha value is -2.95. The Kier molecular flexibility index (Phi) is 6.16. The summed E-state index contributed by atoms with van der Waals surface area (Å²) in [5.74, 6) is -0.710. The number of hydrogen-bond acceptors (Lipinski definition) is 5. The van der Waals surface area contributed by atoms with Crippen molar-refractivity contribution in [1.29, 1.82) is 0 Å². The molecule has 2 amide bonds. The smallest absolute Gasteiger partial charge is 0.276 e. The number of rotatable bonds is 7. The Morgan fingerprint density at radius 3 is 2.62 bits per heavy atom. The van der Waals surface area contributed by atoms with Gasteiger partial charge in [-0.25, -0.2) is 4.68 Å². The van der Waals surface area contributed by atoms with Gasteiger partial charge in [0.25, 0.3) is 11.8 Å². The van der Waals surface area contributed by atoms with Crippen molar-refractivity contribution in [1.82, 2.24) is 34.7 Å². The molecule has 3 aromatic heterocycles. The van der Waals surface area contributed by atoms with E-state index < -0.39 is 5.91 Å². The summed E-state index contributed by atoms with van der Waals surface area (Å²) in [6, 6.07) is 1.61. The SMILES string of the molecule is CCCNC(=O)c1c(NC(=O)c2ccn(Cn3nc(C)c(Br)c3C)n2)cnn1C. The van der Waals surface area contributed by atoms with E-state index in [0.29, 0.717) is 24.6 Å². The van der Waals surface area contributed by atoms with Gasteiger partial charge in [0.15, 0.2) is 5.69 Å². The van der Waals surface area contributed by atoms with E-state index in [-0.39, 0.29) is 11.6 Å². The van der Waals surface area contributed by atoms with E-state index in [9.17, 15) is 9.59 Å². The molecule has 154 valence electrons. The zero-order valence-corrected chi connectivity index (χ0v) is 18.3. The van der Waals surface area contributed by atoms with Crippen molar-refractivity contribution >= 4 is 33.4 Å². The molecule has 0 aliphatic heterocycles. The maximum absolute atomic E-state index is 12.6. The first kappa shape index (κ1) is 20.8. The number of aryl methyl sites for hydroxylation is 2. The van der Waals surface area contributed by atoms with Crippen molar-refractivity contribution in [3.8, 4) is 0 Å². The average molecular weight is 463 g/mol. The number of nitrogens with zero attached hydrogens (tertiary/aromatic N) is 6. The van der Waals surface area contributed by atoms with E-state index >= 15 is 0 Å². The normalized spacial score (nSPS) is 10.9. The summed E-state index contributed by atoms with van der Waals surface area (Å²) in [6.45, 7) is 6.76. The maximum Gasteiger partial charge on any atom is 0.276 e. The van der Waals surface area contributed by atoms with Crippen LogP contribution in [0.4, 0.5) is 5.69 Å². The van der Waals surface area contributed by atoms with Gasteiger partial charge in [-0.3, -0.25) is 19.0 Å². The number of carbonyl (C=O) groups is 2. The fraction of sp³-hybridized carbons (Fsp3) is 0.389. The summed E-state index contributed by atoms with van der Waals surface area (Å²) < 4.78 is 5.80. The third kappa shape index (κ3) is 4.39. The molecule has 0 bridgehead atoms. The quantitative estimate of drug-likeness (QED) is 0.558. The van der Waals surface area contributed by atoms with Crippen molar-refractivity contribution in [2.45, 2.75) is 33.9 Å². The Morgan fingerprint density at radius 1 is 1.21 bits per heavy atom. The van der Waals surface area contributed by atoms with Crippen LogP contribution in [-0.2, 0) is 13.7 Å². The minimum Gasteiger partial charge on any atom is -0.351 e. The number of aromatic nitrogens is 6. The van der Waals surface area contributed by atoms with Gasteiger partial charge in [-0.2, -0.15) is 15.3 Å². The molecule has 0 aliphatic carbocycles. The van der Waals surface area contributed by atoms with Crippen molar-refractivity contribution in [3.63, 3.8) is 0 Å². The van der Waals surface area contributed by atoms with E-state index in [0.717, 1.165) is 22.3 Å². The number of amides is 2. The zero-order valence-electron chi connectivity index (χ0n) is 16.7. The molecule has 2 N–H and O–H groups in total. The van der Waals surface area contributed by atoms with Crippen LogP contribution >= 0.6 is 15.9 Å². The molecule has 3 heterocycles. The molecule has 0 fully saturated rings. The monoisotopic (exact) mass is 462 g/mol. The molecule has 0 saturated heterocycles. The van der Waals surface area contributed by atoms with Gasteiger partial charge in [-0.1, -0.05) is 6.92 Å². The first-order chi connectivity index (χ1) is 13.8. The molecule has 10 nitrogen and oxygen atoms in total. The second kappa shape index (κ2) is 8.60. The molecule has 3 rings (SSSR count). The molecule has 0 spiro atoms. The summed E-state index contributed by atoms with van der Waals surface area (Å²) >= 11 is 3.50. The molecule has 0 unspecified atom stereocenters. The molecular formula is C18H23BrN8O2. The average Bonchev–Trinajstić information content (AvgIpc) is 3.36. The van der Waals surface area contributed by atoms with Crippen LogP contribution < -0.4 is 10.6 Å². The fourth-order valence-electron chi connectivity index (χ4n) is 2.82. The van der Waals surface area contributed by atoms with Crippen molar-refractivity contribution in [2.75, 3.05) is 11.9 Å². The number of carbonyl (C=O) groups excluding carboxylic acids is 2.